The van der Waals surface area contributed by atoms with Crippen LogP contribution in [0, 0.1) is 0 Å². The molecule has 122 valence electrons. The molecule has 0 saturated heterocycles. The van der Waals surface area contributed by atoms with Crippen molar-refractivity contribution in [2.24, 2.45) is 4.99 Å². The second-order valence-corrected chi connectivity index (χ2v) is 6.05. The fourth-order valence-electron chi connectivity index (χ4n) is 3.22. The van der Waals surface area contributed by atoms with E-state index in [1.54, 1.807) is 24.8 Å². The van der Waals surface area contributed by atoms with E-state index in [1.807, 2.05) is 6.07 Å². The number of aromatic nitrogens is 3. The average molecular weight is 322 g/mol. The van der Waals surface area contributed by atoms with Crippen LogP contribution in [0.25, 0.3) is 0 Å². The monoisotopic (exact) mass is 322 g/mol. The molecule has 24 heavy (non-hydrogen) atoms. The van der Waals surface area contributed by atoms with Crippen LogP contribution in [-0.4, -0.2) is 33.1 Å². The molecule has 0 radical (unpaired) electrons. The third kappa shape index (κ3) is 2.97. The van der Waals surface area contributed by atoms with Crippen LogP contribution in [0.1, 0.15) is 41.6 Å². The van der Waals surface area contributed by atoms with Crippen LogP contribution in [0.5, 0.6) is 0 Å². The van der Waals surface area contributed by atoms with E-state index >= 15 is 0 Å². The van der Waals surface area contributed by atoms with Crippen molar-refractivity contribution in [3.8, 4) is 0 Å². The maximum absolute atomic E-state index is 12.2. The highest BCUT2D eigenvalue weighted by Gasteiger charge is 2.24. The Kier molecular flexibility index (Phi) is 3.90. The van der Waals surface area contributed by atoms with Crippen molar-refractivity contribution >= 4 is 29.6 Å². The van der Waals surface area contributed by atoms with E-state index in [4.69, 9.17) is 0 Å². The lowest BCUT2D eigenvalue weighted by Crippen LogP contribution is -2.21. The number of nitrogens with zero attached hydrogens (tertiary/aromatic N) is 4. The van der Waals surface area contributed by atoms with Gasteiger partial charge in [-0.1, -0.05) is 12.8 Å². The van der Waals surface area contributed by atoms with Crippen molar-refractivity contribution in [3.63, 3.8) is 0 Å². The van der Waals surface area contributed by atoms with E-state index in [1.165, 1.54) is 12.8 Å². The van der Waals surface area contributed by atoms with E-state index in [-0.39, 0.29) is 5.91 Å². The smallest absolute Gasteiger partial charge is 0.280 e. The Morgan fingerprint density at radius 3 is 2.79 bits per heavy atom. The predicted molar refractivity (Wildman–Crippen MR) is 92.0 cm³/mol. The summed E-state index contributed by atoms with van der Waals surface area (Å²) < 4.78 is 0. The number of pyridine rings is 1. The third-order valence-electron chi connectivity index (χ3n) is 4.35. The van der Waals surface area contributed by atoms with Gasteiger partial charge in [-0.3, -0.25) is 9.78 Å². The molecule has 0 unspecified atom stereocenters. The second-order valence-electron chi connectivity index (χ2n) is 6.05. The topological polar surface area (TPSA) is 92.2 Å². The molecule has 1 saturated carbocycles. The summed E-state index contributed by atoms with van der Waals surface area (Å²) in [5.41, 5.74) is 1.52. The van der Waals surface area contributed by atoms with Gasteiger partial charge in [0.25, 0.3) is 5.91 Å². The van der Waals surface area contributed by atoms with Gasteiger partial charge in [0, 0.05) is 31.1 Å². The number of fused-ring (bicyclic) bond motifs is 1. The van der Waals surface area contributed by atoms with Crippen LogP contribution in [-0.2, 0) is 6.42 Å². The molecule has 3 heterocycles. The van der Waals surface area contributed by atoms with Crippen molar-refractivity contribution in [2.75, 3.05) is 10.6 Å². The van der Waals surface area contributed by atoms with Gasteiger partial charge >= 0.3 is 0 Å². The maximum Gasteiger partial charge on any atom is 0.280 e. The second kappa shape index (κ2) is 6.35. The Labute approximate surface area is 139 Å². The zero-order valence-corrected chi connectivity index (χ0v) is 13.2. The van der Waals surface area contributed by atoms with Gasteiger partial charge in [-0.15, -0.1) is 0 Å². The maximum atomic E-state index is 12.2. The molecular weight excluding hydrogens is 304 g/mol. The number of anilines is 3. The summed E-state index contributed by atoms with van der Waals surface area (Å²) in [6.45, 7) is 0. The molecule has 0 aromatic carbocycles. The Morgan fingerprint density at radius 2 is 2.00 bits per heavy atom. The first-order valence-corrected chi connectivity index (χ1v) is 8.20. The molecule has 2 aromatic heterocycles. The Morgan fingerprint density at radius 1 is 1.12 bits per heavy atom. The Balaban J connectivity index is 1.69. The molecule has 2 aromatic rings. The Bertz CT molecular complexity index is 783. The fourth-order valence-corrected chi connectivity index (χ4v) is 3.22. The van der Waals surface area contributed by atoms with E-state index in [0.29, 0.717) is 35.5 Å². The van der Waals surface area contributed by atoms with Gasteiger partial charge in [0.15, 0.2) is 0 Å². The van der Waals surface area contributed by atoms with Gasteiger partial charge in [-0.2, -0.15) is 0 Å². The van der Waals surface area contributed by atoms with Crippen LogP contribution in [0.2, 0.25) is 0 Å². The van der Waals surface area contributed by atoms with Crippen molar-refractivity contribution in [1.82, 2.24) is 15.0 Å². The molecule has 7 nitrogen and oxygen atoms in total. The largest absolute Gasteiger partial charge is 0.367 e. The minimum atomic E-state index is -0.227. The number of carbonyl (C=O) groups excluding carboxylic acids is 1. The van der Waals surface area contributed by atoms with Gasteiger partial charge in [0.1, 0.15) is 17.5 Å². The highest BCUT2D eigenvalue weighted by Crippen LogP contribution is 2.29. The highest BCUT2D eigenvalue weighted by molar-refractivity contribution is 6.07. The SMILES string of the molecule is O=C1N=CCc2cc(Nc3cnccn3)nc(NC3CCCC3)c21. The number of hydrogen-bond donors (Lipinski definition) is 2. The molecule has 1 aliphatic carbocycles. The van der Waals surface area contributed by atoms with Crippen LogP contribution in [0.3, 0.4) is 0 Å². The van der Waals surface area contributed by atoms with Gasteiger partial charge < -0.3 is 10.6 Å². The van der Waals surface area contributed by atoms with Crippen molar-refractivity contribution < 1.29 is 4.79 Å². The van der Waals surface area contributed by atoms with Crippen LogP contribution < -0.4 is 10.6 Å². The standard InChI is InChI=1S/C17H18N6O/c24-17-15-11(5-6-20-17)9-13(22-14-10-18-7-8-19-14)23-16(15)21-12-3-1-2-4-12/h6-10,12H,1-5H2,(H2,19,21,22,23). The highest BCUT2D eigenvalue weighted by atomic mass is 16.1. The molecular formula is C17H18N6O. The van der Waals surface area contributed by atoms with Crippen molar-refractivity contribution in [3.05, 3.63) is 35.8 Å². The summed E-state index contributed by atoms with van der Waals surface area (Å²) in [6.07, 6.45) is 11.8. The first-order valence-electron chi connectivity index (χ1n) is 8.20. The molecule has 1 amide bonds. The molecule has 7 heteroatoms. The lowest BCUT2D eigenvalue weighted by molar-refractivity contribution is 0.100. The first-order chi connectivity index (χ1) is 11.8. The number of carbonyl (C=O) groups is 1. The summed E-state index contributed by atoms with van der Waals surface area (Å²) in [7, 11) is 0. The fraction of sp³-hybridized carbons (Fsp3) is 0.353. The zero-order chi connectivity index (χ0) is 16.4. The number of hydrogen-bond acceptors (Lipinski definition) is 6. The summed E-state index contributed by atoms with van der Waals surface area (Å²) in [6, 6.07) is 2.25. The van der Waals surface area contributed by atoms with E-state index < -0.39 is 0 Å². The summed E-state index contributed by atoms with van der Waals surface area (Å²) >= 11 is 0. The number of amides is 1. The minimum Gasteiger partial charge on any atom is -0.367 e. The van der Waals surface area contributed by atoms with Crippen LogP contribution >= 0.6 is 0 Å². The normalized spacial score (nSPS) is 16.9. The van der Waals surface area contributed by atoms with Gasteiger partial charge in [0.2, 0.25) is 0 Å². The average Bonchev–Trinajstić information content (AvgIpc) is 3.09. The van der Waals surface area contributed by atoms with Gasteiger partial charge in [-0.05, 0) is 24.5 Å². The number of rotatable bonds is 4. The Hall–Kier alpha value is -2.83. The van der Waals surface area contributed by atoms with E-state index in [9.17, 15) is 4.79 Å². The summed E-state index contributed by atoms with van der Waals surface area (Å²) in [5, 5.41) is 6.60. The third-order valence-corrected chi connectivity index (χ3v) is 4.35. The minimum absolute atomic E-state index is 0.227. The first kappa shape index (κ1) is 14.7. The lowest BCUT2D eigenvalue weighted by Gasteiger charge is -2.20. The molecule has 2 N–H and O–H groups in total. The molecule has 4 rings (SSSR count). The molecule has 1 fully saturated rings. The molecule has 0 bridgehead atoms. The molecule has 0 atom stereocenters. The molecule has 1 aliphatic heterocycles. The van der Waals surface area contributed by atoms with Crippen LogP contribution in [0.4, 0.5) is 17.5 Å². The molecule has 2 aliphatic rings. The van der Waals surface area contributed by atoms with Gasteiger partial charge in [0.05, 0.1) is 11.8 Å². The summed E-state index contributed by atoms with van der Waals surface area (Å²) in [5.74, 6) is 1.66. The predicted octanol–water partition coefficient (Wildman–Crippen LogP) is 2.74. The van der Waals surface area contributed by atoms with Crippen LogP contribution in [0.15, 0.2) is 29.6 Å². The quantitative estimate of drug-likeness (QED) is 0.899. The number of aliphatic imine (C=N–C) groups is 1. The lowest BCUT2D eigenvalue weighted by atomic mass is 10.0. The van der Waals surface area contributed by atoms with Gasteiger partial charge in [-0.25, -0.2) is 15.0 Å². The van der Waals surface area contributed by atoms with Crippen molar-refractivity contribution in [1.29, 1.82) is 0 Å². The van der Waals surface area contributed by atoms with E-state index in [0.717, 1.165) is 18.4 Å². The molecule has 0 spiro atoms. The zero-order valence-electron chi connectivity index (χ0n) is 13.2. The number of nitrogens with one attached hydrogen (secondary N) is 2. The van der Waals surface area contributed by atoms with E-state index in [2.05, 4.69) is 30.6 Å². The summed E-state index contributed by atoms with van der Waals surface area (Å²) in [4.78, 5) is 29.0. The van der Waals surface area contributed by atoms with Crippen molar-refractivity contribution in [2.45, 2.75) is 38.1 Å².